The van der Waals surface area contributed by atoms with Crippen LogP contribution in [-0.4, -0.2) is 27.1 Å². The smallest absolute Gasteiger partial charge is 0.362 e. The molecule has 1 heterocycles. The third-order valence-corrected chi connectivity index (χ3v) is 3.24. The second kappa shape index (κ2) is 5.41. The average Bonchev–Trinajstić information content (AvgIpc) is 2.35. The number of carboxylic acids is 1. The second-order valence-electron chi connectivity index (χ2n) is 3.94. The topological polar surface area (TPSA) is 79.7 Å². The van der Waals surface area contributed by atoms with Crippen molar-refractivity contribution in [2.75, 3.05) is 0 Å². The van der Waals surface area contributed by atoms with Crippen LogP contribution in [0.15, 0.2) is 29.0 Å². The number of quaternary nitrogens is 1. The van der Waals surface area contributed by atoms with Gasteiger partial charge in [-0.15, -0.1) is 0 Å². The van der Waals surface area contributed by atoms with Crippen molar-refractivity contribution in [3.63, 3.8) is 0 Å². The highest BCUT2D eigenvalue weighted by atomic mass is 79.9. The molecule has 1 atom stereocenters. The van der Waals surface area contributed by atoms with Crippen LogP contribution in [0.3, 0.4) is 0 Å². The van der Waals surface area contributed by atoms with Gasteiger partial charge in [0.05, 0.1) is 10.9 Å². The highest BCUT2D eigenvalue weighted by Gasteiger charge is 2.21. The van der Waals surface area contributed by atoms with Crippen molar-refractivity contribution in [3.05, 3.63) is 29.0 Å². The summed E-state index contributed by atoms with van der Waals surface area (Å²) >= 11 is 3.39. The normalized spacial score (nSPS) is 12.6. The van der Waals surface area contributed by atoms with Crippen molar-refractivity contribution >= 4 is 38.6 Å². The molecule has 1 aromatic carbocycles. The van der Waals surface area contributed by atoms with Gasteiger partial charge in [0.15, 0.2) is 6.04 Å². The summed E-state index contributed by atoms with van der Waals surface area (Å²) in [6.45, 7) is 1.84. The fourth-order valence-electron chi connectivity index (χ4n) is 1.74. The first-order valence-electron chi connectivity index (χ1n) is 5.59. The molecule has 0 radical (unpaired) electrons. The van der Waals surface area contributed by atoms with Crippen molar-refractivity contribution < 1.29 is 15.2 Å². The van der Waals surface area contributed by atoms with E-state index in [1.54, 1.807) is 5.32 Å². The molecule has 1 unspecified atom stereocenters. The first-order chi connectivity index (χ1) is 8.61. The standard InChI is InChI=1S/C12H12BrN3O2/c1-2-9(12(17)18)16-11-8-5-7(13)3-4-10(8)14-6-15-11/h3-6,9H,2H2,1H3,(H,17,18)(H,14,15,16)/p+1. The van der Waals surface area contributed by atoms with Gasteiger partial charge in [-0.1, -0.05) is 22.9 Å². The molecule has 0 aliphatic carbocycles. The van der Waals surface area contributed by atoms with Gasteiger partial charge in [-0.2, -0.15) is 4.98 Å². The number of fused-ring (bicyclic) bond motifs is 1. The Labute approximate surface area is 112 Å². The van der Waals surface area contributed by atoms with Crippen LogP contribution in [0.25, 0.3) is 10.9 Å². The number of rotatable bonds is 4. The first kappa shape index (κ1) is 12.9. The van der Waals surface area contributed by atoms with E-state index in [1.807, 2.05) is 25.1 Å². The summed E-state index contributed by atoms with van der Waals surface area (Å²) < 4.78 is 0.919. The minimum Gasteiger partial charge on any atom is -0.477 e. The number of hydrogen-bond donors (Lipinski definition) is 2. The van der Waals surface area contributed by atoms with Crippen LogP contribution in [0.1, 0.15) is 13.3 Å². The minimum absolute atomic E-state index is 0.526. The molecule has 6 heteroatoms. The number of aromatic nitrogens is 2. The fraction of sp³-hybridized carbons (Fsp3) is 0.250. The average molecular weight is 311 g/mol. The Morgan fingerprint density at radius 3 is 2.94 bits per heavy atom. The van der Waals surface area contributed by atoms with Crippen LogP contribution in [0, 0.1) is 0 Å². The van der Waals surface area contributed by atoms with E-state index in [1.165, 1.54) is 6.33 Å². The van der Waals surface area contributed by atoms with Crippen LogP contribution in [0.4, 0.5) is 5.82 Å². The van der Waals surface area contributed by atoms with E-state index in [4.69, 9.17) is 5.11 Å². The summed E-state index contributed by atoms with van der Waals surface area (Å²) in [6, 6.07) is 5.14. The van der Waals surface area contributed by atoms with E-state index in [2.05, 4.69) is 25.9 Å². The van der Waals surface area contributed by atoms with Crippen molar-refractivity contribution in [2.45, 2.75) is 19.4 Å². The Kier molecular flexibility index (Phi) is 3.88. The molecule has 0 spiro atoms. The summed E-state index contributed by atoms with van der Waals surface area (Å²) in [5.74, 6) is -0.171. The van der Waals surface area contributed by atoms with E-state index in [9.17, 15) is 4.79 Å². The van der Waals surface area contributed by atoms with Crippen LogP contribution in [0.5, 0.6) is 0 Å². The maximum Gasteiger partial charge on any atom is 0.362 e. The monoisotopic (exact) mass is 310 g/mol. The molecule has 2 aromatic rings. The van der Waals surface area contributed by atoms with Gasteiger partial charge in [-0.3, -0.25) is 5.32 Å². The zero-order chi connectivity index (χ0) is 13.1. The fourth-order valence-corrected chi connectivity index (χ4v) is 2.10. The van der Waals surface area contributed by atoms with Crippen LogP contribution >= 0.6 is 15.9 Å². The summed E-state index contributed by atoms with van der Waals surface area (Å²) in [7, 11) is 0. The lowest BCUT2D eigenvalue weighted by molar-refractivity contribution is -0.601. The van der Waals surface area contributed by atoms with Gasteiger partial charge < -0.3 is 5.11 Å². The highest BCUT2D eigenvalue weighted by molar-refractivity contribution is 9.10. The molecule has 0 saturated heterocycles. The maximum absolute atomic E-state index is 11.1. The van der Waals surface area contributed by atoms with Gasteiger partial charge in [0, 0.05) is 10.9 Å². The molecule has 5 nitrogen and oxygen atoms in total. The van der Waals surface area contributed by atoms with E-state index < -0.39 is 12.0 Å². The van der Waals surface area contributed by atoms with Crippen molar-refractivity contribution in [3.8, 4) is 0 Å². The largest absolute Gasteiger partial charge is 0.477 e. The van der Waals surface area contributed by atoms with Gasteiger partial charge in [-0.25, -0.2) is 9.78 Å². The quantitative estimate of drug-likeness (QED) is 0.896. The number of aliphatic carboxylic acids is 1. The van der Waals surface area contributed by atoms with Crippen molar-refractivity contribution in [2.24, 2.45) is 0 Å². The number of benzene rings is 1. The number of hydrogen-bond acceptors (Lipinski definition) is 3. The molecule has 0 aliphatic heterocycles. The molecule has 0 amide bonds. The highest BCUT2D eigenvalue weighted by Crippen LogP contribution is 2.20. The zero-order valence-corrected chi connectivity index (χ0v) is 11.4. The predicted octanol–water partition coefficient (Wildman–Crippen LogP) is 1.45. The summed E-state index contributed by atoms with van der Waals surface area (Å²) in [5.41, 5.74) is 0.805. The Morgan fingerprint density at radius 2 is 2.28 bits per heavy atom. The molecule has 3 N–H and O–H groups in total. The molecule has 0 aliphatic rings. The van der Waals surface area contributed by atoms with Gasteiger partial charge in [0.25, 0.3) is 0 Å². The molecule has 1 aromatic heterocycles. The molecule has 0 fully saturated rings. The lowest BCUT2D eigenvalue weighted by Crippen LogP contribution is -2.87. The van der Waals surface area contributed by atoms with E-state index in [-0.39, 0.29) is 0 Å². The number of halogens is 1. The Hall–Kier alpha value is -1.53. The number of nitrogens with two attached hydrogens (primary N) is 1. The van der Waals surface area contributed by atoms with E-state index in [0.717, 1.165) is 15.4 Å². The Morgan fingerprint density at radius 1 is 1.50 bits per heavy atom. The SMILES string of the molecule is CCC([NH2+]c1ncnc2ccc(Br)cc12)C(=O)O. The molecular formula is C12H13BrN3O2+. The van der Waals surface area contributed by atoms with Crippen LogP contribution < -0.4 is 5.32 Å². The maximum atomic E-state index is 11.1. The molecule has 18 heavy (non-hydrogen) atoms. The third-order valence-electron chi connectivity index (χ3n) is 2.74. The van der Waals surface area contributed by atoms with E-state index >= 15 is 0 Å². The molecule has 0 saturated carbocycles. The number of carbonyl (C=O) groups is 1. The van der Waals surface area contributed by atoms with Crippen molar-refractivity contribution in [1.82, 2.24) is 9.97 Å². The summed E-state index contributed by atoms with van der Waals surface area (Å²) in [4.78, 5) is 19.4. The van der Waals surface area contributed by atoms with Gasteiger partial charge in [0.2, 0.25) is 5.82 Å². The van der Waals surface area contributed by atoms with Gasteiger partial charge in [-0.05, 0) is 18.2 Å². The van der Waals surface area contributed by atoms with Gasteiger partial charge >= 0.3 is 5.97 Å². The third kappa shape index (κ3) is 2.65. The van der Waals surface area contributed by atoms with E-state index in [0.29, 0.717) is 12.2 Å². The lowest BCUT2D eigenvalue weighted by atomic mass is 10.2. The second-order valence-corrected chi connectivity index (χ2v) is 4.86. The zero-order valence-electron chi connectivity index (χ0n) is 9.80. The Bertz CT molecular complexity index is 589. The molecule has 94 valence electrons. The van der Waals surface area contributed by atoms with Gasteiger partial charge in [0.1, 0.15) is 6.33 Å². The lowest BCUT2D eigenvalue weighted by Gasteiger charge is -2.09. The predicted molar refractivity (Wildman–Crippen MR) is 70.5 cm³/mol. The van der Waals surface area contributed by atoms with Crippen LogP contribution in [0.2, 0.25) is 0 Å². The molecule has 2 rings (SSSR count). The summed E-state index contributed by atoms with van der Waals surface area (Å²) in [6.07, 6.45) is 1.99. The minimum atomic E-state index is -0.834. The number of nitrogens with zero attached hydrogens (tertiary/aromatic N) is 2. The molecular weight excluding hydrogens is 298 g/mol. The van der Waals surface area contributed by atoms with Crippen molar-refractivity contribution in [1.29, 1.82) is 0 Å². The Balaban J connectivity index is 2.44. The van der Waals surface area contributed by atoms with Crippen LogP contribution in [-0.2, 0) is 4.79 Å². The molecule has 0 bridgehead atoms. The number of carboxylic acid groups (broad SMARTS) is 1. The first-order valence-corrected chi connectivity index (χ1v) is 6.39. The summed E-state index contributed by atoms with van der Waals surface area (Å²) in [5, 5.41) is 11.6.